The van der Waals surface area contributed by atoms with Crippen LogP contribution in [-0.2, 0) is 13.2 Å². The van der Waals surface area contributed by atoms with Crippen LogP contribution < -0.4 is 10.7 Å². The van der Waals surface area contributed by atoms with Gasteiger partial charge in [-0.15, -0.1) is 0 Å². The summed E-state index contributed by atoms with van der Waals surface area (Å²) < 4.78 is 42.6. The van der Waals surface area contributed by atoms with Crippen LogP contribution in [0.2, 0.25) is 0 Å². The highest BCUT2D eigenvalue weighted by Crippen LogP contribution is 2.38. The number of rotatable bonds is 3. The minimum Gasteiger partial charge on any atom is -0.335 e. The van der Waals surface area contributed by atoms with Crippen molar-refractivity contribution in [1.82, 2.24) is 9.55 Å². The van der Waals surface area contributed by atoms with Gasteiger partial charge in [-0.05, 0) is 35.4 Å². The third-order valence-electron chi connectivity index (χ3n) is 4.85. The number of nitrogens with one attached hydrogen (secondary N) is 1. The van der Waals surface area contributed by atoms with Crippen LogP contribution in [0.25, 0.3) is 22.2 Å². The molecule has 0 saturated carbocycles. The van der Waals surface area contributed by atoms with E-state index in [9.17, 15) is 22.8 Å². The summed E-state index contributed by atoms with van der Waals surface area (Å²) in [7, 11) is 1.63. The van der Waals surface area contributed by atoms with Gasteiger partial charge in [0.2, 0.25) is 5.43 Å². The number of anilines is 1. The maximum absolute atomic E-state index is 13.7. The smallest absolute Gasteiger partial charge is 0.335 e. The van der Waals surface area contributed by atoms with Crippen molar-refractivity contribution in [3.8, 4) is 11.1 Å². The van der Waals surface area contributed by atoms with Gasteiger partial charge in [-0.1, -0.05) is 36.4 Å². The highest BCUT2D eigenvalue weighted by molar-refractivity contribution is 6.05. The van der Waals surface area contributed by atoms with E-state index in [2.05, 4.69) is 10.3 Å². The topological polar surface area (TPSA) is 64.0 Å². The number of halogens is 3. The molecule has 0 radical (unpaired) electrons. The van der Waals surface area contributed by atoms with Crippen LogP contribution in [0.5, 0.6) is 0 Å². The molecule has 0 unspecified atom stereocenters. The lowest BCUT2D eigenvalue weighted by molar-refractivity contribution is -0.137. The maximum Gasteiger partial charge on any atom is 0.417 e. The Balaban J connectivity index is 1.73. The molecule has 0 bridgehead atoms. The number of amides is 1. The summed E-state index contributed by atoms with van der Waals surface area (Å²) in [5, 5.41) is 2.65. The summed E-state index contributed by atoms with van der Waals surface area (Å²) in [6, 6.07) is 14.8. The van der Waals surface area contributed by atoms with Crippen LogP contribution in [0.15, 0.2) is 77.9 Å². The van der Waals surface area contributed by atoms with Crippen LogP contribution in [0.1, 0.15) is 15.9 Å². The number of carbonyl (C=O) groups excluding carboxylic acids is 1. The number of hydrogen-bond acceptors (Lipinski definition) is 3. The average Bonchev–Trinajstić information content (AvgIpc) is 2.76. The van der Waals surface area contributed by atoms with Crippen LogP contribution in [0.3, 0.4) is 0 Å². The number of carbonyl (C=O) groups is 1. The van der Waals surface area contributed by atoms with Gasteiger partial charge in [0.05, 0.1) is 10.9 Å². The third kappa shape index (κ3) is 3.92. The molecule has 0 atom stereocenters. The van der Waals surface area contributed by atoms with Crippen molar-refractivity contribution in [2.45, 2.75) is 6.18 Å². The Hall–Kier alpha value is -3.94. The van der Waals surface area contributed by atoms with Gasteiger partial charge in [-0.2, -0.15) is 13.2 Å². The molecule has 0 spiro atoms. The van der Waals surface area contributed by atoms with Crippen LogP contribution in [0.4, 0.5) is 18.9 Å². The first-order chi connectivity index (χ1) is 14.8. The van der Waals surface area contributed by atoms with Crippen molar-refractivity contribution in [2.75, 3.05) is 5.32 Å². The summed E-state index contributed by atoms with van der Waals surface area (Å²) >= 11 is 0. The van der Waals surface area contributed by atoms with Crippen molar-refractivity contribution in [3.05, 3.63) is 94.4 Å². The monoisotopic (exact) mass is 423 g/mol. The predicted molar refractivity (Wildman–Crippen MR) is 112 cm³/mol. The van der Waals surface area contributed by atoms with Gasteiger partial charge in [0, 0.05) is 25.1 Å². The second kappa shape index (κ2) is 7.71. The van der Waals surface area contributed by atoms with E-state index in [0.29, 0.717) is 11.2 Å². The summed E-state index contributed by atoms with van der Waals surface area (Å²) in [4.78, 5) is 29.5. The van der Waals surface area contributed by atoms with Gasteiger partial charge in [0.1, 0.15) is 11.2 Å². The molecule has 156 valence electrons. The van der Waals surface area contributed by atoms with E-state index >= 15 is 0 Å². The lowest BCUT2D eigenvalue weighted by Crippen LogP contribution is -2.24. The van der Waals surface area contributed by atoms with Crippen molar-refractivity contribution in [2.24, 2.45) is 7.05 Å². The molecule has 2 aromatic carbocycles. The lowest BCUT2D eigenvalue weighted by atomic mass is 9.98. The molecule has 4 aromatic rings. The quantitative estimate of drug-likeness (QED) is 0.511. The molecule has 5 nitrogen and oxygen atoms in total. The average molecular weight is 423 g/mol. The Bertz CT molecular complexity index is 1350. The number of nitrogens with zero attached hydrogens (tertiary/aromatic N) is 2. The van der Waals surface area contributed by atoms with E-state index in [1.54, 1.807) is 43.4 Å². The van der Waals surface area contributed by atoms with Crippen molar-refractivity contribution < 1.29 is 18.0 Å². The fraction of sp³-hybridized carbons (Fsp3) is 0.0870. The molecule has 0 aliphatic rings. The van der Waals surface area contributed by atoms with Crippen molar-refractivity contribution in [1.29, 1.82) is 0 Å². The molecule has 0 saturated heterocycles. The Morgan fingerprint density at radius 1 is 1.03 bits per heavy atom. The van der Waals surface area contributed by atoms with Gasteiger partial charge < -0.3 is 9.88 Å². The van der Waals surface area contributed by atoms with E-state index in [1.807, 2.05) is 0 Å². The van der Waals surface area contributed by atoms with Crippen LogP contribution in [0, 0.1) is 0 Å². The minimum atomic E-state index is -4.63. The lowest BCUT2D eigenvalue weighted by Gasteiger charge is -2.15. The minimum absolute atomic E-state index is 0.00112. The van der Waals surface area contributed by atoms with Gasteiger partial charge in [-0.25, -0.2) is 4.98 Å². The Labute approximate surface area is 174 Å². The number of pyridine rings is 2. The molecule has 0 fully saturated rings. The van der Waals surface area contributed by atoms with E-state index in [1.165, 1.54) is 35.2 Å². The number of hydrogen-bond donors (Lipinski definition) is 1. The second-order valence-electron chi connectivity index (χ2n) is 6.94. The van der Waals surface area contributed by atoms with Gasteiger partial charge >= 0.3 is 6.18 Å². The molecule has 1 amide bonds. The highest BCUT2D eigenvalue weighted by atomic mass is 19.4. The summed E-state index contributed by atoms with van der Waals surface area (Å²) in [5.41, 5.74) is -0.880. The SMILES string of the molecule is Cn1cc(C(=O)Nc2ccc(-c3ccccc3)c(C(F)(F)F)c2)c(=O)c2cccnc21. The first-order valence-corrected chi connectivity index (χ1v) is 9.28. The summed E-state index contributed by atoms with van der Waals surface area (Å²) in [6.45, 7) is 0. The van der Waals surface area contributed by atoms with Gasteiger partial charge in [-0.3, -0.25) is 9.59 Å². The molecule has 1 N–H and O–H groups in total. The van der Waals surface area contributed by atoms with E-state index in [4.69, 9.17) is 0 Å². The number of aryl methyl sites for hydroxylation is 1. The third-order valence-corrected chi connectivity index (χ3v) is 4.85. The molecular weight excluding hydrogens is 407 g/mol. The normalized spacial score (nSPS) is 11.5. The molecule has 8 heteroatoms. The van der Waals surface area contributed by atoms with E-state index in [0.717, 1.165) is 6.07 Å². The predicted octanol–water partition coefficient (Wildman–Crippen LogP) is 4.87. The molecular formula is C23H16F3N3O2. The van der Waals surface area contributed by atoms with E-state index in [-0.39, 0.29) is 22.2 Å². The summed E-state index contributed by atoms with van der Waals surface area (Å²) in [5.74, 6) is -0.799. The standard InChI is InChI=1S/C23H16F3N3O2/c1-29-13-18(20(30)17-8-5-11-27-21(17)29)22(31)28-15-9-10-16(14-6-3-2-4-7-14)19(12-15)23(24,25)26/h2-13H,1H3,(H,28,31). The first kappa shape index (κ1) is 20.3. The zero-order chi connectivity index (χ0) is 22.2. The molecule has 2 heterocycles. The molecule has 0 aliphatic heterocycles. The Morgan fingerprint density at radius 2 is 1.77 bits per heavy atom. The van der Waals surface area contributed by atoms with Gasteiger partial charge in [0.15, 0.2) is 0 Å². The van der Waals surface area contributed by atoms with E-state index < -0.39 is 23.1 Å². The number of aromatic nitrogens is 2. The number of alkyl halides is 3. The molecule has 4 rings (SSSR count). The maximum atomic E-state index is 13.7. The molecule has 2 aromatic heterocycles. The number of fused-ring (bicyclic) bond motifs is 1. The van der Waals surface area contributed by atoms with Crippen LogP contribution >= 0.6 is 0 Å². The fourth-order valence-corrected chi connectivity index (χ4v) is 3.40. The van der Waals surface area contributed by atoms with Crippen molar-refractivity contribution in [3.63, 3.8) is 0 Å². The Kier molecular flexibility index (Phi) is 5.06. The second-order valence-corrected chi connectivity index (χ2v) is 6.94. The van der Waals surface area contributed by atoms with Crippen LogP contribution in [-0.4, -0.2) is 15.5 Å². The molecule has 31 heavy (non-hydrogen) atoms. The molecule has 0 aliphatic carbocycles. The summed E-state index contributed by atoms with van der Waals surface area (Å²) in [6.07, 6.45) is -1.79. The first-order valence-electron chi connectivity index (χ1n) is 9.28. The zero-order valence-electron chi connectivity index (χ0n) is 16.3. The van der Waals surface area contributed by atoms with Crippen molar-refractivity contribution >= 4 is 22.6 Å². The fourth-order valence-electron chi connectivity index (χ4n) is 3.40. The van der Waals surface area contributed by atoms with Gasteiger partial charge in [0.25, 0.3) is 5.91 Å². The zero-order valence-corrected chi connectivity index (χ0v) is 16.3. The highest BCUT2D eigenvalue weighted by Gasteiger charge is 2.34. The number of benzene rings is 2. The largest absolute Gasteiger partial charge is 0.417 e. The Morgan fingerprint density at radius 3 is 2.48 bits per heavy atom.